The van der Waals surface area contributed by atoms with Crippen molar-refractivity contribution < 1.29 is 24.2 Å². The number of alkyl carbamates (subject to hydrolysis) is 1. The minimum atomic E-state index is -0.915. The lowest BCUT2D eigenvalue weighted by molar-refractivity contribution is -0.137. The molecule has 1 unspecified atom stereocenters. The van der Waals surface area contributed by atoms with Crippen LogP contribution in [0.5, 0.6) is 0 Å². The van der Waals surface area contributed by atoms with Crippen LogP contribution in [0, 0.1) is 5.92 Å². The smallest absolute Gasteiger partial charge is 0.407 e. The number of nitrogens with one attached hydrogen (secondary N) is 2. The van der Waals surface area contributed by atoms with Gasteiger partial charge in [0.15, 0.2) is 0 Å². The van der Waals surface area contributed by atoms with Gasteiger partial charge in [-0.25, -0.2) is 4.79 Å². The number of aliphatic carboxylic acids is 1. The second kappa shape index (κ2) is 11.4. The highest BCUT2D eigenvalue weighted by atomic mass is 16.5. The van der Waals surface area contributed by atoms with Crippen molar-refractivity contribution in [2.75, 3.05) is 6.61 Å². The highest BCUT2D eigenvalue weighted by molar-refractivity contribution is 5.80. The van der Waals surface area contributed by atoms with E-state index in [1.54, 1.807) is 0 Å². The van der Waals surface area contributed by atoms with Crippen LogP contribution in [0.1, 0.15) is 68.9 Å². The van der Waals surface area contributed by atoms with E-state index in [0.29, 0.717) is 6.42 Å². The summed E-state index contributed by atoms with van der Waals surface area (Å²) in [6.45, 7) is 2.27. The average molecular weight is 479 g/mol. The summed E-state index contributed by atoms with van der Waals surface area (Å²) in [6.07, 6.45) is 3.83. The number of hydrogen-bond donors (Lipinski definition) is 3. The number of hydrogen-bond acceptors (Lipinski definition) is 4. The molecule has 0 bridgehead atoms. The van der Waals surface area contributed by atoms with Crippen molar-refractivity contribution in [2.45, 2.75) is 69.9 Å². The van der Waals surface area contributed by atoms with Gasteiger partial charge in [-0.2, -0.15) is 0 Å². The Labute approximate surface area is 206 Å². The summed E-state index contributed by atoms with van der Waals surface area (Å²) in [5, 5.41) is 14.9. The Balaban J connectivity index is 1.34. The molecule has 35 heavy (non-hydrogen) atoms. The Bertz CT molecular complexity index is 1020. The largest absolute Gasteiger partial charge is 0.481 e. The van der Waals surface area contributed by atoms with Crippen molar-refractivity contribution in [3.05, 3.63) is 59.7 Å². The summed E-state index contributed by atoms with van der Waals surface area (Å²) in [4.78, 5) is 36.5. The van der Waals surface area contributed by atoms with E-state index in [0.717, 1.165) is 36.8 Å². The van der Waals surface area contributed by atoms with Crippen molar-refractivity contribution in [2.24, 2.45) is 5.92 Å². The van der Waals surface area contributed by atoms with Crippen molar-refractivity contribution in [1.29, 1.82) is 0 Å². The lowest BCUT2D eigenvalue weighted by Gasteiger charge is -2.22. The zero-order valence-corrected chi connectivity index (χ0v) is 20.2. The van der Waals surface area contributed by atoms with E-state index in [9.17, 15) is 14.4 Å². The molecule has 0 saturated heterocycles. The van der Waals surface area contributed by atoms with Crippen LogP contribution in [0.25, 0.3) is 11.1 Å². The molecule has 1 fully saturated rings. The van der Waals surface area contributed by atoms with Gasteiger partial charge >= 0.3 is 12.1 Å². The van der Waals surface area contributed by atoms with Gasteiger partial charge in [0.05, 0.1) is 6.42 Å². The van der Waals surface area contributed by atoms with Crippen LogP contribution in [0.3, 0.4) is 0 Å². The predicted molar refractivity (Wildman–Crippen MR) is 133 cm³/mol. The Hall–Kier alpha value is -3.35. The summed E-state index contributed by atoms with van der Waals surface area (Å²) in [5.41, 5.74) is 4.63. The van der Waals surface area contributed by atoms with Gasteiger partial charge in [0.2, 0.25) is 5.91 Å². The number of ether oxygens (including phenoxy) is 1. The van der Waals surface area contributed by atoms with E-state index >= 15 is 0 Å². The minimum absolute atomic E-state index is 0.0270. The third kappa shape index (κ3) is 6.41. The summed E-state index contributed by atoms with van der Waals surface area (Å²) < 4.78 is 5.65. The highest BCUT2D eigenvalue weighted by Crippen LogP contribution is 2.44. The minimum Gasteiger partial charge on any atom is -0.481 e. The molecule has 0 heterocycles. The van der Waals surface area contributed by atoms with E-state index in [1.165, 1.54) is 11.1 Å². The number of benzene rings is 2. The molecule has 3 N–H and O–H groups in total. The van der Waals surface area contributed by atoms with Gasteiger partial charge in [-0.3, -0.25) is 9.59 Å². The van der Waals surface area contributed by atoms with Crippen LogP contribution in [-0.2, 0) is 14.3 Å². The molecular formula is C28H34N2O5. The average Bonchev–Trinajstić information content (AvgIpc) is 3.63. The number of carbonyl (C=O) groups excluding carboxylic acids is 2. The van der Waals surface area contributed by atoms with Gasteiger partial charge in [0, 0.05) is 24.4 Å². The van der Waals surface area contributed by atoms with Gasteiger partial charge < -0.3 is 20.5 Å². The number of carboxylic acids is 1. The molecule has 186 valence electrons. The SMILES string of the molecule is CCCC[C@H](CC(=O)NC(CC(=O)O)C1CC1)NC(=O)OCC1c2ccccc2-c2ccccc21. The first-order chi connectivity index (χ1) is 17.0. The van der Waals surface area contributed by atoms with Gasteiger partial charge in [0.1, 0.15) is 6.61 Å². The Kier molecular flexibility index (Phi) is 8.06. The van der Waals surface area contributed by atoms with Gasteiger partial charge in [-0.1, -0.05) is 68.3 Å². The van der Waals surface area contributed by atoms with Crippen molar-refractivity contribution >= 4 is 18.0 Å². The van der Waals surface area contributed by atoms with Crippen LogP contribution in [0.4, 0.5) is 4.79 Å². The number of rotatable bonds is 12. The molecule has 0 aliphatic heterocycles. The zero-order chi connectivity index (χ0) is 24.8. The number of amides is 2. The number of carbonyl (C=O) groups is 3. The Morgan fingerprint density at radius 2 is 1.60 bits per heavy atom. The molecule has 2 amide bonds. The first kappa shape index (κ1) is 24.8. The number of fused-ring (bicyclic) bond motifs is 3. The molecule has 4 rings (SSSR count). The fourth-order valence-electron chi connectivity index (χ4n) is 4.99. The van der Waals surface area contributed by atoms with Gasteiger partial charge in [-0.15, -0.1) is 0 Å². The quantitative estimate of drug-likeness (QED) is 0.405. The highest BCUT2D eigenvalue weighted by Gasteiger charge is 2.34. The summed E-state index contributed by atoms with van der Waals surface area (Å²) in [7, 11) is 0. The molecule has 2 atom stereocenters. The van der Waals surface area contributed by atoms with Crippen LogP contribution in [0.15, 0.2) is 48.5 Å². The topological polar surface area (TPSA) is 105 Å². The summed E-state index contributed by atoms with van der Waals surface area (Å²) in [6, 6.07) is 15.6. The summed E-state index contributed by atoms with van der Waals surface area (Å²) >= 11 is 0. The van der Waals surface area contributed by atoms with Crippen LogP contribution in [-0.4, -0.2) is 41.8 Å². The van der Waals surface area contributed by atoms with Crippen LogP contribution >= 0.6 is 0 Å². The number of unbranched alkanes of at least 4 members (excludes halogenated alkanes) is 1. The third-order valence-electron chi connectivity index (χ3n) is 6.94. The zero-order valence-electron chi connectivity index (χ0n) is 20.2. The molecule has 7 heteroatoms. The first-order valence-electron chi connectivity index (χ1n) is 12.6. The van der Waals surface area contributed by atoms with Crippen LogP contribution < -0.4 is 10.6 Å². The van der Waals surface area contributed by atoms with E-state index in [2.05, 4.69) is 41.8 Å². The monoisotopic (exact) mass is 478 g/mol. The maximum atomic E-state index is 12.7. The molecule has 2 aromatic rings. The molecule has 2 aliphatic rings. The van der Waals surface area contributed by atoms with E-state index in [1.807, 2.05) is 24.3 Å². The van der Waals surface area contributed by atoms with E-state index in [4.69, 9.17) is 9.84 Å². The Morgan fingerprint density at radius 3 is 2.17 bits per heavy atom. The molecule has 2 aromatic carbocycles. The molecule has 0 spiro atoms. The van der Waals surface area contributed by atoms with Crippen molar-refractivity contribution in [3.8, 4) is 11.1 Å². The normalized spacial score (nSPS) is 16.0. The van der Waals surface area contributed by atoms with Gasteiger partial charge in [0.25, 0.3) is 0 Å². The van der Waals surface area contributed by atoms with Gasteiger partial charge in [-0.05, 0) is 47.4 Å². The predicted octanol–water partition coefficient (Wildman–Crippen LogP) is 4.84. The summed E-state index contributed by atoms with van der Waals surface area (Å²) in [5.74, 6) is -0.940. The third-order valence-corrected chi connectivity index (χ3v) is 6.94. The van der Waals surface area contributed by atoms with E-state index < -0.39 is 12.1 Å². The maximum absolute atomic E-state index is 12.7. The standard InChI is InChI=1S/C28H34N2O5/c1-2-3-8-19(15-26(31)30-25(16-27(32)33)18-13-14-18)29-28(34)35-17-24-22-11-6-4-9-20(22)21-10-5-7-12-23(21)24/h4-7,9-12,18-19,24-25H,2-3,8,13-17H2,1H3,(H,29,34)(H,30,31)(H,32,33)/t19-,25?/m1/s1. The molecule has 0 radical (unpaired) electrons. The lowest BCUT2D eigenvalue weighted by atomic mass is 9.98. The second-order valence-corrected chi connectivity index (χ2v) is 9.62. The second-order valence-electron chi connectivity index (χ2n) is 9.62. The molecule has 2 aliphatic carbocycles. The maximum Gasteiger partial charge on any atom is 0.407 e. The fraction of sp³-hybridized carbons (Fsp3) is 0.464. The van der Waals surface area contributed by atoms with E-state index in [-0.39, 0.29) is 49.3 Å². The first-order valence-corrected chi connectivity index (χ1v) is 12.6. The van der Waals surface area contributed by atoms with Crippen molar-refractivity contribution in [3.63, 3.8) is 0 Å². The molecule has 7 nitrogen and oxygen atoms in total. The molecule has 1 saturated carbocycles. The van der Waals surface area contributed by atoms with Crippen molar-refractivity contribution in [1.82, 2.24) is 10.6 Å². The fourth-order valence-corrected chi connectivity index (χ4v) is 4.99. The molecule has 0 aromatic heterocycles. The molecular weight excluding hydrogens is 444 g/mol. The lowest BCUT2D eigenvalue weighted by Crippen LogP contribution is -2.43. The Morgan fingerprint density at radius 1 is 0.971 bits per heavy atom. The number of carboxylic acid groups (broad SMARTS) is 1. The van der Waals surface area contributed by atoms with Crippen LogP contribution in [0.2, 0.25) is 0 Å².